The van der Waals surface area contributed by atoms with E-state index in [9.17, 15) is 32.0 Å². The molecule has 0 unspecified atom stereocenters. The Kier molecular flexibility index (Phi) is 6.95. The first kappa shape index (κ1) is 25.8. The van der Waals surface area contributed by atoms with Crippen LogP contribution in [0.5, 0.6) is 11.9 Å². The van der Waals surface area contributed by atoms with Crippen molar-refractivity contribution in [1.29, 1.82) is 5.26 Å². The number of pyridine rings is 1. The van der Waals surface area contributed by atoms with E-state index in [1.54, 1.807) is 6.07 Å². The fraction of sp³-hybridized carbons (Fsp3) is 0.167. The molecule has 4 aromatic rings. The van der Waals surface area contributed by atoms with E-state index in [0.29, 0.717) is 22.6 Å². The number of ether oxygens (including phenoxy) is 2. The van der Waals surface area contributed by atoms with Crippen LogP contribution in [0.1, 0.15) is 16.7 Å². The molecule has 13 heteroatoms. The third-order valence-corrected chi connectivity index (χ3v) is 6.43. The molecule has 0 aliphatic carbocycles. The van der Waals surface area contributed by atoms with E-state index in [2.05, 4.69) is 9.97 Å². The van der Waals surface area contributed by atoms with Crippen LogP contribution in [0.25, 0.3) is 21.0 Å². The Hall–Kier alpha value is -4.31. The summed E-state index contributed by atoms with van der Waals surface area (Å²) in [6.45, 7) is -0.546. The van der Waals surface area contributed by atoms with E-state index in [1.807, 2.05) is 0 Å². The Morgan fingerprint density at radius 3 is 2.43 bits per heavy atom. The number of thiophene rings is 1. The number of rotatable bonds is 6. The lowest BCUT2D eigenvalue weighted by atomic mass is 10.1. The Bertz CT molecular complexity index is 1590. The molecular weight excluding hydrogens is 519 g/mol. The highest BCUT2D eigenvalue weighted by Gasteiger charge is 2.37. The molecule has 0 N–H and O–H groups in total. The van der Waals surface area contributed by atoms with E-state index in [-0.39, 0.29) is 28.0 Å². The van der Waals surface area contributed by atoms with Crippen molar-refractivity contribution < 1.29 is 31.4 Å². The topological polar surface area (TPSA) is 90.0 Å². The van der Waals surface area contributed by atoms with Gasteiger partial charge in [-0.2, -0.15) is 23.4 Å². The van der Waals surface area contributed by atoms with Gasteiger partial charge in [0, 0.05) is 22.7 Å². The number of aromatic nitrogens is 3. The maximum atomic E-state index is 14.4. The van der Waals surface area contributed by atoms with E-state index >= 15 is 0 Å². The lowest BCUT2D eigenvalue weighted by molar-refractivity contribution is -0.137. The van der Waals surface area contributed by atoms with Gasteiger partial charge in [-0.15, -0.1) is 11.3 Å². The molecule has 3 heterocycles. The summed E-state index contributed by atoms with van der Waals surface area (Å²) in [6.07, 6.45) is -3.60. The maximum absolute atomic E-state index is 14.4. The molecule has 0 bridgehead atoms. The van der Waals surface area contributed by atoms with Gasteiger partial charge in [-0.25, -0.2) is 13.8 Å². The number of hydrogen-bond donors (Lipinski definition) is 0. The zero-order chi connectivity index (χ0) is 26.9. The van der Waals surface area contributed by atoms with Gasteiger partial charge in [-0.1, -0.05) is 6.07 Å². The van der Waals surface area contributed by atoms with Crippen LogP contribution in [0, 0.1) is 23.0 Å². The largest absolute Gasteiger partial charge is 0.480 e. The second-order valence-electron chi connectivity index (χ2n) is 7.50. The highest BCUT2D eigenvalue weighted by molar-refractivity contribution is 7.18. The molecule has 0 aliphatic heterocycles. The van der Waals surface area contributed by atoms with Crippen LogP contribution in [-0.4, -0.2) is 28.8 Å². The summed E-state index contributed by atoms with van der Waals surface area (Å²) in [6, 6.07) is 7.65. The SMILES string of the molecule is COc1ncc(-c2ccc(-c3cc(C(F)(F)F)c(C#N)c(=O)n3Cc3ccc(F)cc3F)s2)c(OC)n1. The molecule has 0 amide bonds. The van der Waals surface area contributed by atoms with Gasteiger partial charge in [-0.3, -0.25) is 4.79 Å². The first-order chi connectivity index (χ1) is 17.6. The predicted octanol–water partition coefficient (Wildman–Crippen LogP) is 5.27. The summed E-state index contributed by atoms with van der Waals surface area (Å²) in [5.74, 6) is -1.72. The average molecular weight is 534 g/mol. The molecule has 1 aromatic carbocycles. The van der Waals surface area contributed by atoms with Crippen LogP contribution in [0.3, 0.4) is 0 Å². The number of benzene rings is 1. The first-order valence-corrected chi connectivity index (χ1v) is 11.1. The number of nitrogens with zero attached hydrogens (tertiary/aromatic N) is 4. The number of alkyl halides is 3. The zero-order valence-corrected chi connectivity index (χ0v) is 19.9. The lowest BCUT2D eigenvalue weighted by Crippen LogP contribution is -2.28. The van der Waals surface area contributed by atoms with Gasteiger partial charge in [0.1, 0.15) is 23.3 Å². The van der Waals surface area contributed by atoms with Gasteiger partial charge in [0.15, 0.2) is 0 Å². The number of nitriles is 1. The molecule has 190 valence electrons. The van der Waals surface area contributed by atoms with Crippen molar-refractivity contribution in [1.82, 2.24) is 14.5 Å². The van der Waals surface area contributed by atoms with E-state index in [1.165, 1.54) is 32.6 Å². The Morgan fingerprint density at radius 1 is 1.08 bits per heavy atom. The van der Waals surface area contributed by atoms with Gasteiger partial charge in [0.2, 0.25) is 5.88 Å². The van der Waals surface area contributed by atoms with E-state index < -0.39 is 41.0 Å². The molecule has 0 atom stereocenters. The summed E-state index contributed by atoms with van der Waals surface area (Å²) in [5.41, 5.74) is -3.80. The molecule has 0 saturated carbocycles. The van der Waals surface area contributed by atoms with E-state index in [0.717, 1.165) is 28.0 Å². The number of halogens is 5. The fourth-order valence-corrected chi connectivity index (χ4v) is 4.59. The number of methoxy groups -OCH3 is 2. The summed E-state index contributed by atoms with van der Waals surface area (Å²) >= 11 is 0.990. The van der Waals surface area contributed by atoms with Crippen molar-refractivity contribution in [2.24, 2.45) is 0 Å². The monoisotopic (exact) mass is 534 g/mol. The van der Waals surface area contributed by atoms with Crippen LogP contribution in [0.2, 0.25) is 0 Å². The normalized spacial score (nSPS) is 11.3. The molecule has 7 nitrogen and oxygen atoms in total. The predicted molar refractivity (Wildman–Crippen MR) is 123 cm³/mol. The molecule has 0 radical (unpaired) electrons. The third kappa shape index (κ3) is 5.01. The molecule has 4 rings (SSSR count). The highest BCUT2D eigenvalue weighted by Crippen LogP contribution is 2.40. The van der Waals surface area contributed by atoms with Crippen molar-refractivity contribution in [2.75, 3.05) is 14.2 Å². The van der Waals surface area contributed by atoms with Gasteiger partial charge >= 0.3 is 12.2 Å². The highest BCUT2D eigenvalue weighted by atomic mass is 32.1. The molecule has 0 spiro atoms. The van der Waals surface area contributed by atoms with Gasteiger partial charge in [0.05, 0.1) is 42.5 Å². The quantitative estimate of drug-likeness (QED) is 0.313. The maximum Gasteiger partial charge on any atom is 0.417 e. The van der Waals surface area contributed by atoms with Crippen LogP contribution >= 0.6 is 11.3 Å². The van der Waals surface area contributed by atoms with Gasteiger partial charge < -0.3 is 14.0 Å². The Balaban J connectivity index is 1.93. The summed E-state index contributed by atoms with van der Waals surface area (Å²) in [7, 11) is 2.73. The van der Waals surface area contributed by atoms with Crippen molar-refractivity contribution in [2.45, 2.75) is 12.7 Å². The summed E-state index contributed by atoms with van der Waals surface area (Å²) < 4.78 is 80.2. The average Bonchev–Trinajstić information content (AvgIpc) is 3.35. The molecule has 0 fully saturated rings. The minimum atomic E-state index is -5.01. The number of hydrogen-bond acceptors (Lipinski definition) is 7. The van der Waals surface area contributed by atoms with Crippen molar-refractivity contribution in [3.05, 3.63) is 81.3 Å². The van der Waals surface area contributed by atoms with Crippen molar-refractivity contribution in [3.63, 3.8) is 0 Å². The standard InChI is InChI=1S/C24H15F5N4O3S/c1-35-21-15(10-31-23(32-21)36-2)19-5-6-20(37-19)18-8-16(24(27,28)29)14(9-30)22(34)33(18)11-12-3-4-13(25)7-17(12)26/h3-8,10H,11H2,1-2H3. The molecule has 37 heavy (non-hydrogen) atoms. The first-order valence-electron chi connectivity index (χ1n) is 10.3. The minimum absolute atomic E-state index is 0.0365. The van der Waals surface area contributed by atoms with Gasteiger partial charge in [0.25, 0.3) is 5.56 Å². The second-order valence-corrected chi connectivity index (χ2v) is 8.58. The molecule has 0 saturated heterocycles. The molecular formula is C24H15F5N4O3S. The lowest BCUT2D eigenvalue weighted by Gasteiger charge is -2.17. The van der Waals surface area contributed by atoms with Crippen molar-refractivity contribution >= 4 is 11.3 Å². The van der Waals surface area contributed by atoms with Crippen LogP contribution in [-0.2, 0) is 12.7 Å². The Morgan fingerprint density at radius 2 is 1.81 bits per heavy atom. The van der Waals surface area contributed by atoms with E-state index in [4.69, 9.17) is 9.47 Å². The molecule has 0 aliphatic rings. The van der Waals surface area contributed by atoms with Crippen LogP contribution in [0.15, 0.2) is 47.4 Å². The fourth-order valence-electron chi connectivity index (χ4n) is 3.55. The summed E-state index contributed by atoms with van der Waals surface area (Å²) in [5, 5.41) is 9.34. The van der Waals surface area contributed by atoms with Crippen molar-refractivity contribution in [3.8, 4) is 39.0 Å². The Labute approximate surface area is 210 Å². The minimum Gasteiger partial charge on any atom is -0.480 e. The zero-order valence-electron chi connectivity index (χ0n) is 19.1. The third-order valence-electron chi connectivity index (χ3n) is 5.29. The van der Waals surface area contributed by atoms with Gasteiger partial charge in [-0.05, 0) is 24.3 Å². The second kappa shape index (κ2) is 9.98. The smallest absolute Gasteiger partial charge is 0.417 e. The molecule has 3 aromatic heterocycles. The van der Waals surface area contributed by atoms with Crippen LogP contribution in [0.4, 0.5) is 22.0 Å². The summed E-state index contributed by atoms with van der Waals surface area (Å²) in [4.78, 5) is 21.9. The van der Waals surface area contributed by atoms with Crippen LogP contribution < -0.4 is 15.0 Å².